The lowest BCUT2D eigenvalue weighted by Gasteiger charge is -2.22. The van der Waals surface area contributed by atoms with Crippen LogP contribution in [0.25, 0.3) is 0 Å². The molecule has 0 bridgehead atoms. The van der Waals surface area contributed by atoms with Crippen LogP contribution in [0, 0.1) is 5.41 Å². The summed E-state index contributed by atoms with van der Waals surface area (Å²) in [5.41, 5.74) is 0.0995. The molecule has 3 rings (SSSR count). The predicted octanol–water partition coefficient (Wildman–Crippen LogP) is 3.86. The minimum atomic E-state index is -1.01. The van der Waals surface area contributed by atoms with E-state index < -0.39 is 15.8 Å². The van der Waals surface area contributed by atoms with E-state index in [1.807, 2.05) is 29.9 Å². The van der Waals surface area contributed by atoms with Gasteiger partial charge in [0.15, 0.2) is 0 Å². The van der Waals surface area contributed by atoms with Crippen LogP contribution in [0.15, 0.2) is 36.7 Å². The lowest BCUT2D eigenvalue weighted by molar-refractivity contribution is -0.126. The first-order valence-corrected chi connectivity index (χ1v) is 8.29. The van der Waals surface area contributed by atoms with Crippen molar-refractivity contribution in [2.45, 2.75) is 23.7 Å². The van der Waals surface area contributed by atoms with Crippen LogP contribution in [0.4, 0.5) is 0 Å². The molecule has 0 radical (unpaired) electrons. The number of alkyl halides is 2. The molecule has 1 N–H and O–H groups in total. The molecule has 1 aromatic carbocycles. The number of imidazole rings is 1. The van der Waals surface area contributed by atoms with Crippen molar-refractivity contribution in [2.75, 3.05) is 0 Å². The second kappa shape index (κ2) is 5.69. The summed E-state index contributed by atoms with van der Waals surface area (Å²) >= 11 is 18.2. The zero-order chi connectivity index (χ0) is 16.8. The van der Waals surface area contributed by atoms with Crippen LogP contribution in [-0.2, 0) is 11.8 Å². The van der Waals surface area contributed by atoms with Crippen molar-refractivity contribution in [3.05, 3.63) is 53.1 Å². The maximum absolute atomic E-state index is 12.7. The smallest absolute Gasteiger partial charge is 0.229 e. The van der Waals surface area contributed by atoms with Crippen molar-refractivity contribution >= 4 is 40.7 Å². The Morgan fingerprint density at radius 2 is 1.96 bits per heavy atom. The largest absolute Gasteiger partial charge is 0.342 e. The Morgan fingerprint density at radius 1 is 1.35 bits per heavy atom. The second-order valence-corrected chi connectivity index (χ2v) is 7.99. The number of nitrogens with one attached hydrogen (secondary N) is 1. The minimum Gasteiger partial charge on any atom is -0.342 e. The third kappa shape index (κ3) is 2.95. The highest BCUT2D eigenvalue weighted by Crippen LogP contribution is 2.64. The van der Waals surface area contributed by atoms with Crippen LogP contribution in [0.2, 0.25) is 5.02 Å². The number of benzene rings is 1. The molecule has 0 aliphatic heterocycles. The topological polar surface area (TPSA) is 46.9 Å². The number of rotatable bonds is 4. The quantitative estimate of drug-likeness (QED) is 0.828. The molecule has 1 saturated carbocycles. The van der Waals surface area contributed by atoms with Crippen LogP contribution in [-0.4, -0.2) is 19.8 Å². The van der Waals surface area contributed by atoms with E-state index in [0.29, 0.717) is 11.4 Å². The number of carbonyl (C=O) groups excluding carboxylic acids is 1. The maximum Gasteiger partial charge on any atom is 0.229 e. The monoisotopic (exact) mass is 371 g/mol. The van der Waals surface area contributed by atoms with Gasteiger partial charge in [0, 0.05) is 24.5 Å². The number of halogens is 3. The molecule has 2 unspecified atom stereocenters. The van der Waals surface area contributed by atoms with Gasteiger partial charge in [0.05, 0.1) is 5.41 Å². The van der Waals surface area contributed by atoms with Gasteiger partial charge in [0.2, 0.25) is 5.91 Å². The highest BCUT2D eigenvalue weighted by molar-refractivity contribution is 6.53. The Kier molecular flexibility index (Phi) is 4.11. The van der Waals surface area contributed by atoms with E-state index in [-0.39, 0.29) is 5.91 Å². The average Bonchev–Trinajstić information content (AvgIpc) is 2.81. The molecule has 7 heteroatoms. The molecular weight excluding hydrogens is 357 g/mol. The van der Waals surface area contributed by atoms with Crippen LogP contribution in [0.3, 0.4) is 0 Å². The van der Waals surface area contributed by atoms with E-state index in [9.17, 15) is 4.79 Å². The molecule has 1 fully saturated rings. The van der Waals surface area contributed by atoms with Gasteiger partial charge in [-0.15, -0.1) is 23.2 Å². The van der Waals surface area contributed by atoms with Crippen molar-refractivity contribution in [2.24, 2.45) is 12.5 Å². The molecule has 2 atom stereocenters. The summed E-state index contributed by atoms with van der Waals surface area (Å²) in [5.74, 6) is 0.533. The maximum atomic E-state index is 12.7. The molecule has 1 amide bonds. The predicted molar refractivity (Wildman–Crippen MR) is 91.8 cm³/mol. The molecule has 4 nitrogen and oxygen atoms in total. The van der Waals surface area contributed by atoms with Gasteiger partial charge >= 0.3 is 0 Å². The van der Waals surface area contributed by atoms with Gasteiger partial charge in [0.25, 0.3) is 0 Å². The summed E-state index contributed by atoms with van der Waals surface area (Å²) in [6.45, 7) is 1.76. The number of hydrogen-bond donors (Lipinski definition) is 1. The fourth-order valence-electron chi connectivity index (χ4n) is 2.54. The summed E-state index contributed by atoms with van der Waals surface area (Å²) in [4.78, 5) is 17.0. The average molecular weight is 373 g/mol. The summed E-state index contributed by atoms with van der Waals surface area (Å²) in [6, 6.07) is 6.90. The van der Waals surface area contributed by atoms with Crippen LogP contribution < -0.4 is 5.32 Å². The minimum absolute atomic E-state index is 0.189. The molecule has 1 aliphatic carbocycles. The van der Waals surface area contributed by atoms with E-state index in [1.165, 1.54) is 0 Å². The fourth-order valence-corrected chi connectivity index (χ4v) is 3.38. The van der Waals surface area contributed by atoms with Crippen molar-refractivity contribution in [3.8, 4) is 0 Å². The standard InChI is InChI=1S/C16H16Cl3N3O/c1-15(9-16(15,18)19)14(23)21-12(13-20-7-8-22(13)2)10-3-5-11(17)6-4-10/h3-8,12H,9H2,1-2H3,(H,21,23). The van der Waals surface area contributed by atoms with E-state index in [0.717, 1.165) is 11.4 Å². The summed E-state index contributed by atoms with van der Waals surface area (Å²) in [5, 5.41) is 3.65. The zero-order valence-electron chi connectivity index (χ0n) is 12.7. The Morgan fingerprint density at radius 3 is 2.43 bits per heavy atom. The Balaban J connectivity index is 1.92. The third-order valence-electron chi connectivity index (χ3n) is 4.35. The molecule has 1 heterocycles. The normalized spacial score (nSPS) is 23.3. The highest BCUT2D eigenvalue weighted by Gasteiger charge is 2.68. The number of carbonyl (C=O) groups is 1. The fraction of sp³-hybridized carbons (Fsp3) is 0.375. The Bertz CT molecular complexity index is 741. The lowest BCUT2D eigenvalue weighted by Crippen LogP contribution is -2.37. The van der Waals surface area contributed by atoms with Crippen molar-refractivity contribution < 1.29 is 4.79 Å². The molecule has 23 heavy (non-hydrogen) atoms. The van der Waals surface area contributed by atoms with Gasteiger partial charge in [0.1, 0.15) is 16.2 Å². The number of aromatic nitrogens is 2. The number of aryl methyl sites for hydroxylation is 1. The third-order valence-corrected chi connectivity index (χ3v) is 5.71. The SMILES string of the molecule is Cn1ccnc1C(NC(=O)C1(C)CC1(Cl)Cl)c1ccc(Cl)cc1. The first-order valence-electron chi connectivity index (χ1n) is 7.16. The Labute approximate surface area is 149 Å². The number of nitrogens with zero attached hydrogens (tertiary/aromatic N) is 2. The lowest BCUT2D eigenvalue weighted by atomic mass is 10.0. The van der Waals surface area contributed by atoms with E-state index >= 15 is 0 Å². The van der Waals surface area contributed by atoms with Crippen LogP contribution in [0.5, 0.6) is 0 Å². The zero-order valence-corrected chi connectivity index (χ0v) is 15.0. The van der Waals surface area contributed by atoms with Crippen molar-refractivity contribution in [3.63, 3.8) is 0 Å². The molecule has 1 aromatic heterocycles. The first kappa shape index (κ1) is 16.6. The molecule has 0 spiro atoms. The van der Waals surface area contributed by atoms with Gasteiger partial charge in [-0.1, -0.05) is 23.7 Å². The summed E-state index contributed by atoms with van der Waals surface area (Å²) in [6.07, 6.45) is 3.95. The van der Waals surface area contributed by atoms with Gasteiger partial charge in [-0.3, -0.25) is 4.79 Å². The molecular formula is C16H16Cl3N3O. The van der Waals surface area contributed by atoms with Crippen molar-refractivity contribution in [1.82, 2.24) is 14.9 Å². The highest BCUT2D eigenvalue weighted by atomic mass is 35.5. The van der Waals surface area contributed by atoms with Gasteiger partial charge in [-0.05, 0) is 31.0 Å². The molecule has 1 aliphatic rings. The second-order valence-electron chi connectivity index (χ2n) is 6.07. The summed E-state index contributed by atoms with van der Waals surface area (Å²) in [7, 11) is 1.88. The van der Waals surface area contributed by atoms with Crippen molar-refractivity contribution in [1.29, 1.82) is 0 Å². The first-order chi connectivity index (χ1) is 10.7. The van der Waals surface area contributed by atoms with Crippen LogP contribution >= 0.6 is 34.8 Å². The van der Waals surface area contributed by atoms with E-state index in [2.05, 4.69) is 10.3 Å². The Hall–Kier alpha value is -1.23. The van der Waals surface area contributed by atoms with Gasteiger partial charge in [-0.2, -0.15) is 0 Å². The van der Waals surface area contributed by atoms with Gasteiger partial charge < -0.3 is 9.88 Å². The van der Waals surface area contributed by atoms with E-state index in [1.54, 1.807) is 25.3 Å². The van der Waals surface area contributed by atoms with E-state index in [4.69, 9.17) is 34.8 Å². The van der Waals surface area contributed by atoms with Gasteiger partial charge in [-0.25, -0.2) is 4.98 Å². The number of hydrogen-bond acceptors (Lipinski definition) is 2. The molecule has 2 aromatic rings. The summed E-state index contributed by atoms with van der Waals surface area (Å²) < 4.78 is 0.854. The van der Waals surface area contributed by atoms with Crippen LogP contribution in [0.1, 0.15) is 30.8 Å². The molecule has 122 valence electrons. The number of amides is 1. The molecule has 0 saturated heterocycles.